The standard InChI is InChI=1S/C25H25F3N4O2/c1-3-20(34-21-10-9-18(14-31-21)25(26,27)28)19-13-16(2)15-32(19)24(33)23-22(29-11-12-30-23)17-7-5-4-6-8-17/h4-12,14,16,19-20H,3,13,15H2,1-2H3. The van der Waals surface area contributed by atoms with E-state index in [2.05, 4.69) is 21.9 Å². The molecule has 0 spiro atoms. The lowest BCUT2D eigenvalue weighted by molar-refractivity contribution is -0.137. The zero-order valence-corrected chi connectivity index (χ0v) is 18.9. The largest absolute Gasteiger partial charge is 0.472 e. The van der Waals surface area contributed by atoms with E-state index in [0.29, 0.717) is 25.1 Å². The van der Waals surface area contributed by atoms with Crippen LogP contribution < -0.4 is 4.74 Å². The fourth-order valence-electron chi connectivity index (χ4n) is 4.32. The van der Waals surface area contributed by atoms with Crippen molar-refractivity contribution in [1.29, 1.82) is 0 Å². The van der Waals surface area contributed by atoms with Gasteiger partial charge in [0, 0.05) is 36.8 Å². The Morgan fingerprint density at radius 2 is 1.85 bits per heavy atom. The zero-order chi connectivity index (χ0) is 24.3. The molecule has 0 aliphatic carbocycles. The van der Waals surface area contributed by atoms with Crippen LogP contribution >= 0.6 is 0 Å². The van der Waals surface area contributed by atoms with Crippen LogP contribution in [0.2, 0.25) is 0 Å². The highest BCUT2D eigenvalue weighted by molar-refractivity contribution is 5.98. The van der Waals surface area contributed by atoms with Gasteiger partial charge >= 0.3 is 6.18 Å². The van der Waals surface area contributed by atoms with Gasteiger partial charge in [0.25, 0.3) is 5.91 Å². The van der Waals surface area contributed by atoms with E-state index in [1.54, 1.807) is 11.1 Å². The fraction of sp³-hybridized carbons (Fsp3) is 0.360. The molecule has 9 heteroatoms. The van der Waals surface area contributed by atoms with Crippen molar-refractivity contribution >= 4 is 5.91 Å². The first kappa shape index (κ1) is 23.7. The minimum absolute atomic E-state index is 0.0938. The number of hydrogen-bond acceptors (Lipinski definition) is 5. The lowest BCUT2D eigenvalue weighted by Crippen LogP contribution is -2.45. The van der Waals surface area contributed by atoms with E-state index in [9.17, 15) is 18.0 Å². The maximum atomic E-state index is 13.7. The number of halogens is 3. The predicted molar refractivity (Wildman–Crippen MR) is 120 cm³/mol. The molecule has 1 aliphatic heterocycles. The molecule has 1 saturated heterocycles. The summed E-state index contributed by atoms with van der Waals surface area (Å²) in [6, 6.07) is 11.3. The Morgan fingerprint density at radius 1 is 1.12 bits per heavy atom. The van der Waals surface area contributed by atoms with Crippen LogP contribution in [0.25, 0.3) is 11.3 Å². The average Bonchev–Trinajstić information content (AvgIpc) is 3.23. The quantitative estimate of drug-likeness (QED) is 0.491. The highest BCUT2D eigenvalue weighted by atomic mass is 19.4. The third-order valence-electron chi connectivity index (χ3n) is 5.93. The van der Waals surface area contributed by atoms with Gasteiger partial charge in [-0.1, -0.05) is 44.2 Å². The van der Waals surface area contributed by atoms with Gasteiger partial charge in [-0.05, 0) is 24.8 Å². The molecule has 1 fully saturated rings. The maximum Gasteiger partial charge on any atom is 0.417 e. The molecule has 4 rings (SSSR count). The van der Waals surface area contributed by atoms with Gasteiger partial charge in [0.2, 0.25) is 5.88 Å². The summed E-state index contributed by atoms with van der Waals surface area (Å²) in [5.74, 6) is 0.0732. The number of aromatic nitrogens is 3. The van der Waals surface area contributed by atoms with E-state index in [4.69, 9.17) is 4.74 Å². The molecule has 0 radical (unpaired) electrons. The molecule has 1 aliphatic rings. The number of likely N-dealkylation sites (tertiary alicyclic amines) is 1. The number of pyridine rings is 1. The molecule has 1 amide bonds. The molecule has 178 valence electrons. The van der Waals surface area contributed by atoms with Gasteiger partial charge in [-0.15, -0.1) is 0 Å². The second-order valence-corrected chi connectivity index (χ2v) is 8.43. The summed E-state index contributed by atoms with van der Waals surface area (Å²) in [5.41, 5.74) is 0.718. The number of nitrogens with zero attached hydrogens (tertiary/aromatic N) is 4. The number of carbonyl (C=O) groups excluding carboxylic acids is 1. The molecule has 34 heavy (non-hydrogen) atoms. The van der Waals surface area contributed by atoms with Crippen molar-refractivity contribution in [2.45, 2.75) is 45.0 Å². The van der Waals surface area contributed by atoms with Gasteiger partial charge in [-0.3, -0.25) is 9.78 Å². The fourth-order valence-corrected chi connectivity index (χ4v) is 4.32. The number of amides is 1. The minimum Gasteiger partial charge on any atom is -0.472 e. The van der Waals surface area contributed by atoms with Crippen molar-refractivity contribution in [3.63, 3.8) is 0 Å². The first-order chi connectivity index (χ1) is 16.3. The lowest BCUT2D eigenvalue weighted by atomic mass is 10.0. The smallest absolute Gasteiger partial charge is 0.417 e. The normalized spacial score (nSPS) is 19.1. The molecule has 3 atom stereocenters. The first-order valence-electron chi connectivity index (χ1n) is 11.1. The van der Waals surface area contributed by atoms with Crippen molar-refractivity contribution in [1.82, 2.24) is 19.9 Å². The van der Waals surface area contributed by atoms with Crippen molar-refractivity contribution in [2.24, 2.45) is 5.92 Å². The molecule has 0 saturated carbocycles. The molecule has 0 bridgehead atoms. The van der Waals surface area contributed by atoms with E-state index in [-0.39, 0.29) is 29.4 Å². The Balaban J connectivity index is 1.59. The molecule has 2 aromatic heterocycles. The van der Waals surface area contributed by atoms with Crippen molar-refractivity contribution in [3.8, 4) is 17.1 Å². The second-order valence-electron chi connectivity index (χ2n) is 8.43. The summed E-state index contributed by atoms with van der Waals surface area (Å²) < 4.78 is 44.6. The molecular weight excluding hydrogens is 445 g/mol. The van der Waals surface area contributed by atoms with Gasteiger partial charge < -0.3 is 9.64 Å². The molecule has 3 unspecified atom stereocenters. The molecule has 3 heterocycles. The summed E-state index contributed by atoms with van der Waals surface area (Å²) in [4.78, 5) is 28.0. The number of carbonyl (C=O) groups is 1. The minimum atomic E-state index is -4.47. The number of ether oxygens (including phenoxy) is 1. The lowest BCUT2D eigenvalue weighted by Gasteiger charge is -2.31. The van der Waals surface area contributed by atoms with Crippen LogP contribution in [0, 0.1) is 5.92 Å². The van der Waals surface area contributed by atoms with E-state index >= 15 is 0 Å². The number of alkyl halides is 3. The van der Waals surface area contributed by atoms with E-state index in [1.807, 2.05) is 37.3 Å². The molecule has 1 aromatic carbocycles. The van der Waals surface area contributed by atoms with Crippen LogP contribution in [-0.2, 0) is 6.18 Å². The number of hydrogen-bond donors (Lipinski definition) is 0. The highest BCUT2D eigenvalue weighted by Gasteiger charge is 2.40. The van der Waals surface area contributed by atoms with E-state index < -0.39 is 17.8 Å². The van der Waals surface area contributed by atoms with Crippen molar-refractivity contribution in [3.05, 3.63) is 72.3 Å². The predicted octanol–water partition coefficient (Wildman–Crippen LogP) is 5.27. The average molecular weight is 470 g/mol. The maximum absolute atomic E-state index is 13.7. The SMILES string of the molecule is CCC(Oc1ccc(C(F)(F)F)cn1)C1CC(C)CN1C(=O)c1nccnc1-c1ccccc1. The van der Waals surface area contributed by atoms with Crippen LogP contribution in [0.4, 0.5) is 13.2 Å². The van der Waals surface area contributed by atoms with E-state index in [1.165, 1.54) is 12.3 Å². The van der Waals surface area contributed by atoms with Crippen LogP contribution in [-0.4, -0.2) is 44.4 Å². The topological polar surface area (TPSA) is 68.2 Å². The number of benzene rings is 1. The summed E-state index contributed by atoms with van der Waals surface area (Å²) in [6.07, 6.45) is 0.156. The molecule has 6 nitrogen and oxygen atoms in total. The zero-order valence-electron chi connectivity index (χ0n) is 18.9. The Hall–Kier alpha value is -3.49. The Bertz CT molecular complexity index is 1120. The van der Waals surface area contributed by atoms with Crippen LogP contribution in [0.15, 0.2) is 61.1 Å². The summed E-state index contributed by atoms with van der Waals surface area (Å²) in [5, 5.41) is 0. The van der Waals surface area contributed by atoms with Crippen LogP contribution in [0.1, 0.15) is 42.7 Å². The molecule has 0 N–H and O–H groups in total. The summed E-state index contributed by atoms with van der Waals surface area (Å²) in [7, 11) is 0. The van der Waals surface area contributed by atoms with Gasteiger partial charge in [0.1, 0.15) is 11.8 Å². The Labute approximate surface area is 195 Å². The monoisotopic (exact) mass is 470 g/mol. The second kappa shape index (κ2) is 9.79. The summed E-state index contributed by atoms with van der Waals surface area (Å²) >= 11 is 0. The van der Waals surface area contributed by atoms with Crippen molar-refractivity contribution < 1.29 is 22.7 Å². The van der Waals surface area contributed by atoms with Gasteiger partial charge in [0.05, 0.1) is 11.6 Å². The highest BCUT2D eigenvalue weighted by Crippen LogP contribution is 2.33. The third-order valence-corrected chi connectivity index (χ3v) is 5.93. The Kier molecular flexibility index (Phi) is 6.81. The van der Waals surface area contributed by atoms with Crippen LogP contribution in [0.5, 0.6) is 5.88 Å². The van der Waals surface area contributed by atoms with Crippen LogP contribution in [0.3, 0.4) is 0 Å². The first-order valence-corrected chi connectivity index (χ1v) is 11.1. The van der Waals surface area contributed by atoms with Crippen molar-refractivity contribution in [2.75, 3.05) is 6.54 Å². The molecular formula is C25H25F3N4O2. The van der Waals surface area contributed by atoms with Gasteiger partial charge in [-0.25, -0.2) is 9.97 Å². The van der Waals surface area contributed by atoms with E-state index in [0.717, 1.165) is 17.8 Å². The summed E-state index contributed by atoms with van der Waals surface area (Å²) in [6.45, 7) is 4.49. The Morgan fingerprint density at radius 3 is 2.50 bits per heavy atom. The third kappa shape index (κ3) is 5.03. The number of rotatable bonds is 6. The van der Waals surface area contributed by atoms with Gasteiger partial charge in [-0.2, -0.15) is 13.2 Å². The molecule has 3 aromatic rings. The van der Waals surface area contributed by atoms with Gasteiger partial charge in [0.15, 0.2) is 5.69 Å².